The third-order valence-electron chi connectivity index (χ3n) is 4.40. The lowest BCUT2D eigenvalue weighted by Gasteiger charge is -2.34. The lowest BCUT2D eigenvalue weighted by Crippen LogP contribution is -2.39. The van der Waals surface area contributed by atoms with Gasteiger partial charge in [0.05, 0.1) is 11.1 Å². The molecule has 20 heavy (non-hydrogen) atoms. The van der Waals surface area contributed by atoms with Crippen LogP contribution in [-0.4, -0.2) is 37.0 Å². The van der Waals surface area contributed by atoms with Gasteiger partial charge in [-0.15, -0.1) is 0 Å². The third kappa shape index (κ3) is 2.07. The normalized spacial score (nSPS) is 30.1. The van der Waals surface area contributed by atoms with Gasteiger partial charge >= 0.3 is 0 Å². The molecule has 1 aliphatic carbocycles. The maximum Gasteiger partial charge on any atom is 0.244 e. The van der Waals surface area contributed by atoms with Gasteiger partial charge in [-0.2, -0.15) is 4.31 Å². The van der Waals surface area contributed by atoms with Gasteiger partial charge in [-0.25, -0.2) is 8.42 Å². The first kappa shape index (κ1) is 14.6. The highest BCUT2D eigenvalue weighted by molar-refractivity contribution is 7.89. The number of fused-ring (bicyclic) bond motifs is 1. The van der Waals surface area contributed by atoms with E-state index < -0.39 is 10.0 Å². The molecule has 2 aliphatic rings. The molecular formula is C13H15Cl2NO3S. The molecule has 2 fully saturated rings. The Bertz CT molecular complexity index is 662. The molecule has 3 rings (SSSR count). The number of aliphatic hydroxyl groups excluding tert-OH is 1. The number of nitrogens with zero attached hydrogens (tertiary/aromatic N) is 1. The molecule has 3 atom stereocenters. The largest absolute Gasteiger partial charge is 0.393 e. The summed E-state index contributed by atoms with van der Waals surface area (Å²) in [5.74, 6) is 0.337. The van der Waals surface area contributed by atoms with Crippen LogP contribution in [0, 0.1) is 18.8 Å². The minimum Gasteiger partial charge on any atom is -0.393 e. The monoisotopic (exact) mass is 335 g/mol. The van der Waals surface area contributed by atoms with Gasteiger partial charge in [-0.3, -0.25) is 0 Å². The van der Waals surface area contributed by atoms with Gasteiger partial charge in [-0.05, 0) is 37.0 Å². The molecule has 0 amide bonds. The molecule has 7 heteroatoms. The van der Waals surface area contributed by atoms with Crippen LogP contribution in [0.15, 0.2) is 17.0 Å². The van der Waals surface area contributed by atoms with Crippen molar-refractivity contribution in [2.24, 2.45) is 11.8 Å². The van der Waals surface area contributed by atoms with Crippen LogP contribution in [-0.2, 0) is 10.0 Å². The zero-order valence-electron chi connectivity index (χ0n) is 10.9. The molecule has 0 unspecified atom stereocenters. The highest BCUT2D eigenvalue weighted by atomic mass is 35.5. The zero-order valence-corrected chi connectivity index (χ0v) is 13.2. The van der Waals surface area contributed by atoms with E-state index in [1.807, 2.05) is 0 Å². The molecule has 1 aromatic rings. The summed E-state index contributed by atoms with van der Waals surface area (Å²) in [6.07, 6.45) is 0.312. The van der Waals surface area contributed by atoms with E-state index in [-0.39, 0.29) is 27.9 Å². The maximum atomic E-state index is 12.7. The molecule has 1 heterocycles. The molecular weight excluding hydrogens is 321 g/mol. The average molecular weight is 336 g/mol. The Kier molecular flexibility index (Phi) is 3.54. The molecule has 1 N–H and O–H groups in total. The number of aliphatic hydroxyl groups is 1. The Morgan fingerprint density at radius 3 is 2.60 bits per heavy atom. The van der Waals surface area contributed by atoms with Crippen LogP contribution >= 0.6 is 23.2 Å². The van der Waals surface area contributed by atoms with Gasteiger partial charge in [0, 0.05) is 24.0 Å². The molecule has 1 aliphatic heterocycles. The number of rotatable bonds is 2. The summed E-state index contributed by atoms with van der Waals surface area (Å²) >= 11 is 12.1. The number of hydrogen-bond donors (Lipinski definition) is 1. The first-order valence-corrected chi connectivity index (χ1v) is 8.64. The van der Waals surface area contributed by atoms with Crippen molar-refractivity contribution >= 4 is 33.2 Å². The highest BCUT2D eigenvalue weighted by Gasteiger charge is 2.49. The van der Waals surface area contributed by atoms with Gasteiger partial charge in [-0.1, -0.05) is 23.2 Å². The van der Waals surface area contributed by atoms with E-state index >= 15 is 0 Å². The van der Waals surface area contributed by atoms with Crippen LogP contribution in [0.2, 0.25) is 10.0 Å². The van der Waals surface area contributed by atoms with Crippen molar-refractivity contribution in [3.63, 3.8) is 0 Å². The predicted molar refractivity (Wildman–Crippen MR) is 77.6 cm³/mol. The van der Waals surface area contributed by atoms with Crippen LogP contribution in [0.3, 0.4) is 0 Å². The van der Waals surface area contributed by atoms with Gasteiger partial charge in [0.1, 0.15) is 4.90 Å². The molecule has 0 bridgehead atoms. The summed E-state index contributed by atoms with van der Waals surface area (Å²) < 4.78 is 26.7. The third-order valence-corrected chi connectivity index (χ3v) is 7.28. The average Bonchev–Trinajstić information content (AvgIpc) is 2.73. The van der Waals surface area contributed by atoms with E-state index in [2.05, 4.69) is 0 Å². The molecule has 0 aromatic heterocycles. The fraction of sp³-hybridized carbons (Fsp3) is 0.538. The van der Waals surface area contributed by atoms with E-state index in [0.717, 1.165) is 0 Å². The topological polar surface area (TPSA) is 57.6 Å². The fourth-order valence-electron chi connectivity index (χ4n) is 3.00. The lowest BCUT2D eigenvalue weighted by atomic mass is 9.74. The SMILES string of the molecule is Cc1c(Cl)ccc(S(=O)(=O)N2C[C@H]3C[C@@H](O)[C@H]3C2)c1Cl. The standard InChI is InChI=1S/C13H15Cl2NO3S/c1-7-10(14)2-3-12(13(7)15)20(18,19)16-5-8-4-11(17)9(8)6-16/h2-3,8-9,11,17H,4-6H2,1H3/t8-,9+,11-/m1/s1. The van der Waals surface area contributed by atoms with Gasteiger partial charge in [0.25, 0.3) is 0 Å². The van der Waals surface area contributed by atoms with E-state index in [9.17, 15) is 13.5 Å². The molecule has 1 saturated carbocycles. The fourth-order valence-corrected chi connectivity index (χ4v) is 5.32. The van der Waals surface area contributed by atoms with Crippen LogP contribution in [0.1, 0.15) is 12.0 Å². The second-order valence-electron chi connectivity index (χ2n) is 5.53. The van der Waals surface area contributed by atoms with Gasteiger partial charge in [0.15, 0.2) is 0 Å². The van der Waals surface area contributed by atoms with Crippen molar-refractivity contribution in [1.29, 1.82) is 0 Å². The van der Waals surface area contributed by atoms with Gasteiger partial charge in [0.2, 0.25) is 10.0 Å². The number of hydrogen-bond acceptors (Lipinski definition) is 3. The quantitative estimate of drug-likeness (QED) is 0.902. The van der Waals surface area contributed by atoms with Crippen molar-refractivity contribution in [2.45, 2.75) is 24.3 Å². The number of halogens is 2. The van der Waals surface area contributed by atoms with Crippen molar-refractivity contribution in [2.75, 3.05) is 13.1 Å². The van der Waals surface area contributed by atoms with Crippen LogP contribution < -0.4 is 0 Å². The second-order valence-corrected chi connectivity index (χ2v) is 8.23. The Morgan fingerprint density at radius 1 is 1.30 bits per heavy atom. The first-order valence-electron chi connectivity index (χ1n) is 6.45. The summed E-state index contributed by atoms with van der Waals surface area (Å²) in [5.41, 5.74) is 0.566. The second kappa shape index (κ2) is 4.85. The number of sulfonamides is 1. The van der Waals surface area contributed by atoms with E-state index in [1.54, 1.807) is 13.0 Å². The molecule has 1 saturated heterocycles. The molecule has 0 spiro atoms. The Labute approximate surface area is 128 Å². The summed E-state index contributed by atoms with van der Waals surface area (Å²) in [7, 11) is -3.63. The molecule has 4 nitrogen and oxygen atoms in total. The molecule has 1 aromatic carbocycles. The van der Waals surface area contributed by atoms with Crippen LogP contribution in [0.4, 0.5) is 0 Å². The summed E-state index contributed by atoms with van der Waals surface area (Å²) in [4.78, 5) is 0.0943. The highest BCUT2D eigenvalue weighted by Crippen LogP contribution is 2.43. The van der Waals surface area contributed by atoms with Crippen molar-refractivity contribution in [3.8, 4) is 0 Å². The van der Waals surface area contributed by atoms with E-state index in [0.29, 0.717) is 30.1 Å². The Morgan fingerprint density at radius 2 is 2.00 bits per heavy atom. The zero-order chi connectivity index (χ0) is 14.7. The van der Waals surface area contributed by atoms with E-state index in [4.69, 9.17) is 23.2 Å². The van der Waals surface area contributed by atoms with E-state index in [1.165, 1.54) is 10.4 Å². The predicted octanol–water partition coefficient (Wildman–Crippen LogP) is 2.30. The van der Waals surface area contributed by atoms with Crippen molar-refractivity contribution in [3.05, 3.63) is 27.7 Å². The maximum absolute atomic E-state index is 12.7. The smallest absolute Gasteiger partial charge is 0.244 e. The minimum absolute atomic E-state index is 0.0666. The Balaban J connectivity index is 1.95. The summed E-state index contributed by atoms with van der Waals surface area (Å²) in [6.45, 7) is 2.52. The Hall–Kier alpha value is -0.330. The first-order chi connectivity index (χ1) is 9.32. The summed E-state index contributed by atoms with van der Waals surface area (Å²) in [6, 6.07) is 3.00. The summed E-state index contributed by atoms with van der Waals surface area (Å²) in [5, 5.41) is 10.3. The molecule has 0 radical (unpaired) electrons. The lowest BCUT2D eigenvalue weighted by molar-refractivity contribution is -0.00416. The van der Waals surface area contributed by atoms with Crippen molar-refractivity contribution in [1.82, 2.24) is 4.31 Å². The number of benzene rings is 1. The minimum atomic E-state index is -3.63. The molecule has 110 valence electrons. The van der Waals surface area contributed by atoms with Crippen molar-refractivity contribution < 1.29 is 13.5 Å². The van der Waals surface area contributed by atoms with Gasteiger partial charge < -0.3 is 5.11 Å². The van der Waals surface area contributed by atoms with Crippen LogP contribution in [0.25, 0.3) is 0 Å². The van der Waals surface area contributed by atoms with Crippen LogP contribution in [0.5, 0.6) is 0 Å².